The number of rotatable bonds is 3. The summed E-state index contributed by atoms with van der Waals surface area (Å²) in [4.78, 5) is 0. The van der Waals surface area contributed by atoms with Crippen LogP contribution in [0, 0.1) is 0 Å². The first-order valence-electron chi connectivity index (χ1n) is 7.46. The fourth-order valence-corrected chi connectivity index (χ4v) is 2.52. The van der Waals surface area contributed by atoms with Gasteiger partial charge < -0.3 is 10.8 Å². The fraction of sp³-hybridized carbons (Fsp3) is 0.118. The van der Waals surface area contributed by atoms with E-state index in [4.69, 9.17) is 14.2 Å². The maximum absolute atomic E-state index is 13.3. The molecule has 0 bridgehead atoms. The van der Waals surface area contributed by atoms with E-state index in [0.717, 1.165) is 0 Å². The van der Waals surface area contributed by atoms with Gasteiger partial charge in [-0.15, -0.1) is 0 Å². The molecule has 0 fully saturated rings. The Morgan fingerprint density at radius 1 is 1.04 bits per heavy atom. The van der Waals surface area contributed by atoms with E-state index in [1.54, 1.807) is 54.6 Å². The van der Waals surface area contributed by atoms with Crippen LogP contribution in [-0.4, -0.2) is 23.3 Å². The van der Waals surface area contributed by atoms with Crippen LogP contribution in [0.3, 0.4) is 0 Å². The van der Waals surface area contributed by atoms with E-state index in [9.17, 15) is 18.3 Å². The monoisotopic (exact) mass is 397 g/mol. The summed E-state index contributed by atoms with van der Waals surface area (Å²) in [6, 6.07) is 14.8. The van der Waals surface area contributed by atoms with Gasteiger partial charge in [0.2, 0.25) is 0 Å². The number of benzene rings is 2. The molecule has 10 heteroatoms. The maximum atomic E-state index is 13.3. The summed E-state index contributed by atoms with van der Waals surface area (Å²) in [5, 5.41) is 13.3. The average molecular weight is 397 g/mol. The molecule has 0 amide bonds. The highest BCUT2D eigenvalue weighted by Gasteiger charge is 2.39. The number of aliphatic hydroxyl groups is 1. The van der Waals surface area contributed by atoms with Crippen molar-refractivity contribution in [2.75, 3.05) is 5.73 Å². The largest absolute Gasteiger partial charge is 0.435 e. The fourth-order valence-electron chi connectivity index (χ4n) is 2.52. The summed E-state index contributed by atoms with van der Waals surface area (Å²) >= 11 is -0.750. The minimum absolute atomic E-state index is 0.204. The first-order chi connectivity index (χ1) is 12.8. The molecule has 0 unspecified atom stereocenters. The van der Waals surface area contributed by atoms with Crippen LogP contribution in [-0.2, 0) is 24.4 Å². The van der Waals surface area contributed by atoms with Crippen LogP contribution in [0.2, 0.25) is 0 Å². The number of anilines is 1. The van der Waals surface area contributed by atoms with Crippen molar-refractivity contribution in [2.45, 2.75) is 12.8 Å². The number of hydrogen-bond acceptors (Lipinski definition) is 5. The zero-order valence-corrected chi connectivity index (χ0v) is 14.5. The normalized spacial score (nSPS) is 10.8. The molecule has 6 nitrogen and oxygen atoms in total. The quantitative estimate of drug-likeness (QED) is 0.662. The molecule has 3 rings (SSSR count). The number of aromatic nitrogens is 2. The Bertz CT molecular complexity index is 936. The number of nitrogens with two attached hydrogens (primary N) is 1. The lowest BCUT2D eigenvalue weighted by Gasteiger charge is -2.09. The number of nitrogen functional groups attached to an aromatic ring is 1. The van der Waals surface area contributed by atoms with Crippen molar-refractivity contribution in [1.82, 2.24) is 9.78 Å². The van der Waals surface area contributed by atoms with Gasteiger partial charge in [-0.25, -0.2) is 4.68 Å². The number of nitrogens with zero attached hydrogens (tertiary/aromatic N) is 2. The van der Waals surface area contributed by atoms with Crippen molar-refractivity contribution in [3.8, 4) is 16.9 Å². The summed E-state index contributed by atoms with van der Waals surface area (Å²) < 4.78 is 57.7. The maximum Gasteiger partial charge on any atom is 0.435 e. The molecular formula is C17H14F3N3O3S. The predicted octanol–water partition coefficient (Wildman–Crippen LogP) is 2.96. The smallest absolute Gasteiger partial charge is 0.399 e. The lowest BCUT2D eigenvalue weighted by Crippen LogP contribution is -2.09. The average Bonchev–Trinajstić information content (AvgIpc) is 3.04. The lowest BCUT2D eigenvalue weighted by molar-refractivity contribution is -0.142. The van der Waals surface area contributed by atoms with Gasteiger partial charge in [-0.1, -0.05) is 30.3 Å². The van der Waals surface area contributed by atoms with Crippen molar-refractivity contribution >= 4 is 17.3 Å². The minimum Gasteiger partial charge on any atom is -0.399 e. The van der Waals surface area contributed by atoms with Crippen LogP contribution < -0.4 is 5.73 Å². The van der Waals surface area contributed by atoms with Gasteiger partial charge in [0.15, 0.2) is 5.69 Å². The standard InChI is InChI=1S/C17H14F3N3O.O2S/c18-17(19,20)16-14(10-24)15(11-4-2-1-3-5-11)23(22-16)13-8-6-12(21)7-9-13;1-3-2/h1-9,24H,10,21H2;. The zero-order valence-electron chi connectivity index (χ0n) is 13.7. The second kappa shape index (κ2) is 8.60. The van der Waals surface area contributed by atoms with Crippen LogP contribution in [0.15, 0.2) is 54.6 Å². The number of halogens is 3. The Hall–Kier alpha value is -2.98. The van der Waals surface area contributed by atoms with Crippen molar-refractivity contribution in [3.63, 3.8) is 0 Å². The topological polar surface area (TPSA) is 98.2 Å². The highest BCUT2D eigenvalue weighted by atomic mass is 32.1. The van der Waals surface area contributed by atoms with Crippen LogP contribution in [0.1, 0.15) is 11.3 Å². The van der Waals surface area contributed by atoms with E-state index in [1.807, 2.05) is 0 Å². The van der Waals surface area contributed by atoms with E-state index >= 15 is 0 Å². The highest BCUT2D eigenvalue weighted by molar-refractivity contribution is 7.51. The van der Waals surface area contributed by atoms with Gasteiger partial charge in [-0.3, -0.25) is 0 Å². The molecule has 0 aliphatic heterocycles. The third kappa shape index (κ3) is 4.60. The second-order valence-electron chi connectivity index (χ2n) is 5.27. The lowest BCUT2D eigenvalue weighted by atomic mass is 10.1. The molecule has 0 atom stereocenters. The van der Waals surface area contributed by atoms with E-state index in [1.165, 1.54) is 4.68 Å². The SMILES string of the molecule is Nc1ccc(-n2nc(C(F)(F)F)c(CO)c2-c2ccccc2)cc1.O=S=O. The Morgan fingerprint density at radius 2 is 1.59 bits per heavy atom. The van der Waals surface area contributed by atoms with E-state index < -0.39 is 30.0 Å². The van der Waals surface area contributed by atoms with Gasteiger partial charge in [0.1, 0.15) is 0 Å². The van der Waals surface area contributed by atoms with Crippen molar-refractivity contribution < 1.29 is 26.7 Å². The molecular weight excluding hydrogens is 383 g/mol. The molecule has 0 spiro atoms. The number of hydrogen-bond donors (Lipinski definition) is 2. The summed E-state index contributed by atoms with van der Waals surface area (Å²) in [7, 11) is 0. The molecule has 0 aliphatic rings. The molecule has 2 aromatic carbocycles. The molecule has 0 radical (unpaired) electrons. The Labute approximate surface area is 155 Å². The van der Waals surface area contributed by atoms with Crippen LogP contribution in [0.4, 0.5) is 18.9 Å². The van der Waals surface area contributed by atoms with Crippen LogP contribution >= 0.6 is 0 Å². The number of alkyl halides is 3. The first kappa shape index (κ1) is 20.3. The molecule has 27 heavy (non-hydrogen) atoms. The summed E-state index contributed by atoms with van der Waals surface area (Å²) in [5.74, 6) is 0. The molecule has 0 saturated heterocycles. The Balaban J connectivity index is 0.000000817. The summed E-state index contributed by atoms with van der Waals surface area (Å²) in [6.45, 7) is -0.770. The van der Waals surface area contributed by atoms with Gasteiger partial charge in [0.25, 0.3) is 0 Å². The van der Waals surface area contributed by atoms with Crippen LogP contribution in [0.5, 0.6) is 0 Å². The third-order valence-electron chi connectivity index (χ3n) is 3.60. The third-order valence-corrected chi connectivity index (χ3v) is 3.60. The first-order valence-corrected chi connectivity index (χ1v) is 8.13. The molecule has 0 saturated carbocycles. The van der Waals surface area contributed by atoms with E-state index in [2.05, 4.69) is 5.10 Å². The molecule has 1 aromatic heterocycles. The minimum atomic E-state index is -4.67. The molecule has 3 aromatic rings. The van der Waals surface area contributed by atoms with Gasteiger partial charge in [-0.2, -0.15) is 26.7 Å². The van der Waals surface area contributed by atoms with Crippen LogP contribution in [0.25, 0.3) is 16.9 Å². The van der Waals surface area contributed by atoms with Crippen molar-refractivity contribution in [3.05, 3.63) is 65.9 Å². The zero-order chi connectivity index (χ0) is 20.0. The molecule has 142 valence electrons. The Kier molecular flexibility index (Phi) is 6.48. The predicted molar refractivity (Wildman–Crippen MR) is 93.3 cm³/mol. The van der Waals surface area contributed by atoms with Crippen molar-refractivity contribution in [2.24, 2.45) is 0 Å². The molecule has 3 N–H and O–H groups in total. The van der Waals surface area contributed by atoms with E-state index in [-0.39, 0.29) is 11.3 Å². The second-order valence-corrected chi connectivity index (χ2v) is 5.41. The van der Waals surface area contributed by atoms with Gasteiger partial charge in [0, 0.05) is 16.8 Å². The highest BCUT2D eigenvalue weighted by Crippen LogP contribution is 2.37. The van der Waals surface area contributed by atoms with Gasteiger partial charge >= 0.3 is 17.7 Å². The molecule has 1 heterocycles. The molecule has 0 aliphatic carbocycles. The Morgan fingerprint density at radius 3 is 2.07 bits per heavy atom. The summed E-state index contributed by atoms with van der Waals surface area (Å²) in [6.07, 6.45) is -4.67. The number of aliphatic hydroxyl groups excluding tert-OH is 1. The van der Waals surface area contributed by atoms with Crippen molar-refractivity contribution in [1.29, 1.82) is 0 Å². The van der Waals surface area contributed by atoms with Gasteiger partial charge in [-0.05, 0) is 24.3 Å². The van der Waals surface area contributed by atoms with E-state index in [0.29, 0.717) is 16.9 Å². The summed E-state index contributed by atoms with van der Waals surface area (Å²) in [5.41, 5.74) is 5.93. The van der Waals surface area contributed by atoms with Gasteiger partial charge in [0.05, 0.1) is 18.0 Å².